The van der Waals surface area contributed by atoms with E-state index in [4.69, 9.17) is 0 Å². The molecule has 7 atom stereocenters. The molecule has 5 aliphatic rings. The average molecular weight is 448 g/mol. The second-order valence-corrected chi connectivity index (χ2v) is 11.8. The summed E-state index contributed by atoms with van der Waals surface area (Å²) in [7, 11) is 0. The molecule has 33 heavy (non-hydrogen) atoms. The van der Waals surface area contributed by atoms with E-state index in [9.17, 15) is 9.18 Å². The molecule has 0 N–H and O–H groups in total. The number of unbranched alkanes of at least 4 members (excludes halogenated alkanes) is 1. The van der Waals surface area contributed by atoms with Gasteiger partial charge in [0.2, 0.25) is 0 Å². The zero-order valence-corrected chi connectivity index (χ0v) is 20.0. The van der Waals surface area contributed by atoms with Gasteiger partial charge in [0.1, 0.15) is 12.0 Å². The van der Waals surface area contributed by atoms with Gasteiger partial charge in [-0.1, -0.05) is 61.4 Å². The number of allylic oxidation sites excluding steroid dienone is 4. The predicted molar refractivity (Wildman–Crippen MR) is 130 cm³/mol. The zero-order chi connectivity index (χ0) is 22.6. The summed E-state index contributed by atoms with van der Waals surface area (Å²) in [6.45, 7) is 5.60. The Morgan fingerprint density at radius 3 is 2.64 bits per heavy atom. The molecule has 3 heteroatoms. The summed E-state index contributed by atoms with van der Waals surface area (Å²) >= 11 is 0. The molecule has 176 valence electrons. The van der Waals surface area contributed by atoms with Gasteiger partial charge in [0.05, 0.1) is 0 Å². The maximum absolute atomic E-state index is 14.6. The molecule has 1 aliphatic heterocycles. The molecule has 3 fully saturated rings. The van der Waals surface area contributed by atoms with Gasteiger partial charge in [0.25, 0.3) is 0 Å². The molecule has 3 saturated carbocycles. The summed E-state index contributed by atoms with van der Waals surface area (Å²) in [5.41, 5.74) is 4.21. The number of rotatable bonds is 5. The van der Waals surface area contributed by atoms with Gasteiger partial charge in [-0.2, -0.15) is 0 Å². The Balaban J connectivity index is 1.10. The third kappa shape index (κ3) is 3.66. The second-order valence-electron chi connectivity index (χ2n) is 11.8. The Bertz CT molecular complexity index is 956. The Labute approximate surface area is 198 Å². The van der Waals surface area contributed by atoms with Crippen LogP contribution in [0, 0.1) is 35.0 Å². The van der Waals surface area contributed by atoms with Crippen molar-refractivity contribution < 1.29 is 9.18 Å². The van der Waals surface area contributed by atoms with E-state index >= 15 is 0 Å². The molecule has 0 spiro atoms. The fourth-order valence-corrected chi connectivity index (χ4v) is 8.54. The van der Waals surface area contributed by atoms with Crippen LogP contribution in [-0.4, -0.2) is 23.4 Å². The fourth-order valence-electron chi connectivity index (χ4n) is 8.54. The summed E-state index contributed by atoms with van der Waals surface area (Å²) in [5, 5.41) is 0. The van der Waals surface area contributed by atoms with Gasteiger partial charge in [-0.3, -0.25) is 9.69 Å². The Hall–Kier alpha value is -1.74. The maximum Gasteiger partial charge on any atom is 0.139 e. The van der Waals surface area contributed by atoms with Gasteiger partial charge in [0.15, 0.2) is 0 Å². The number of ketones is 1. The quantitative estimate of drug-likeness (QED) is 0.471. The topological polar surface area (TPSA) is 20.3 Å². The lowest BCUT2D eigenvalue weighted by Crippen LogP contribution is -2.47. The van der Waals surface area contributed by atoms with Crippen molar-refractivity contribution in [3.05, 3.63) is 59.2 Å². The zero-order valence-electron chi connectivity index (χ0n) is 20.0. The van der Waals surface area contributed by atoms with E-state index in [2.05, 4.69) is 42.2 Å². The molecule has 0 radical (unpaired) electrons. The number of nitrogens with zero attached hydrogens (tertiary/aromatic N) is 1. The van der Waals surface area contributed by atoms with E-state index in [0.717, 1.165) is 51.7 Å². The van der Waals surface area contributed by atoms with E-state index in [1.807, 2.05) is 6.08 Å². The van der Waals surface area contributed by atoms with Crippen LogP contribution >= 0.6 is 0 Å². The monoisotopic (exact) mass is 447 g/mol. The number of fused-ring (bicyclic) bond motifs is 6. The molecule has 0 amide bonds. The molecule has 6 rings (SSSR count). The molecule has 2 nitrogen and oxygen atoms in total. The minimum Gasteiger partial charge on any atom is -0.299 e. The third-order valence-corrected chi connectivity index (χ3v) is 10.1. The van der Waals surface area contributed by atoms with Crippen molar-refractivity contribution >= 4 is 5.78 Å². The molecule has 1 heterocycles. The largest absolute Gasteiger partial charge is 0.299 e. The standard InChI is InChI=1S/C30H38FNO/c1-30-15-14-24-23-10-6-11-27(31)25(23)12-13-26(24)29(30)20(17-28(30)33)7-4-5-16-32-18-21-8-2-3-9-22(21)19-32/h2-3,6,8-11,20,24-27,29H,4-5,7,12-19H2,1H3/t20?,24?,25?,26?,27?,29?,30-/m1/s1. The smallest absolute Gasteiger partial charge is 0.139 e. The van der Waals surface area contributed by atoms with Crippen LogP contribution in [0.15, 0.2) is 48.1 Å². The molecule has 6 unspecified atom stereocenters. The Kier molecular flexibility index (Phi) is 5.60. The molecule has 0 saturated heterocycles. The first-order valence-electron chi connectivity index (χ1n) is 13.4. The number of halogens is 1. The molecular formula is C30H38FNO. The molecule has 1 aromatic rings. The Morgan fingerprint density at radius 1 is 1.06 bits per heavy atom. The normalized spacial score (nSPS) is 39.6. The number of alkyl halides is 1. The number of Topliss-reactive ketones (excluding diaryl/α,β-unsaturated/α-hetero) is 1. The number of benzene rings is 1. The van der Waals surface area contributed by atoms with Gasteiger partial charge in [-0.15, -0.1) is 0 Å². The molecular weight excluding hydrogens is 409 g/mol. The van der Waals surface area contributed by atoms with Crippen molar-refractivity contribution in [2.75, 3.05) is 6.54 Å². The van der Waals surface area contributed by atoms with Gasteiger partial charge >= 0.3 is 0 Å². The minimum atomic E-state index is -0.808. The predicted octanol–water partition coefficient (Wildman–Crippen LogP) is 6.65. The van der Waals surface area contributed by atoms with E-state index in [0.29, 0.717) is 29.5 Å². The van der Waals surface area contributed by atoms with Crippen LogP contribution in [0.1, 0.15) is 69.4 Å². The average Bonchev–Trinajstić information content (AvgIpc) is 3.34. The summed E-state index contributed by atoms with van der Waals surface area (Å²) < 4.78 is 14.6. The summed E-state index contributed by atoms with van der Waals surface area (Å²) in [6.07, 6.45) is 13.7. The molecule has 1 aromatic carbocycles. The van der Waals surface area contributed by atoms with Crippen molar-refractivity contribution in [3.63, 3.8) is 0 Å². The minimum absolute atomic E-state index is 0.0979. The van der Waals surface area contributed by atoms with Crippen molar-refractivity contribution in [2.45, 2.75) is 77.6 Å². The lowest BCUT2D eigenvalue weighted by Gasteiger charge is -2.52. The highest BCUT2D eigenvalue weighted by molar-refractivity contribution is 5.87. The highest BCUT2D eigenvalue weighted by atomic mass is 19.1. The van der Waals surface area contributed by atoms with Crippen LogP contribution in [0.4, 0.5) is 4.39 Å². The van der Waals surface area contributed by atoms with E-state index in [1.165, 1.54) is 36.0 Å². The second kappa shape index (κ2) is 8.48. The SMILES string of the molecule is C[C@]12CCC3C4=CC=CC(F)C4CCC3C1C(CCCCN1Cc3ccccc3C1)CC2=O. The number of carbonyl (C=O) groups excluding carboxylic acids is 1. The van der Waals surface area contributed by atoms with Crippen molar-refractivity contribution in [3.8, 4) is 0 Å². The van der Waals surface area contributed by atoms with Crippen LogP contribution in [0.5, 0.6) is 0 Å². The van der Waals surface area contributed by atoms with Gasteiger partial charge in [0, 0.05) is 30.8 Å². The molecule has 0 bridgehead atoms. The van der Waals surface area contributed by atoms with Crippen molar-refractivity contribution in [1.82, 2.24) is 4.90 Å². The van der Waals surface area contributed by atoms with Crippen LogP contribution in [0.2, 0.25) is 0 Å². The number of hydrogen-bond donors (Lipinski definition) is 0. The highest BCUT2D eigenvalue weighted by Crippen LogP contribution is 2.62. The van der Waals surface area contributed by atoms with Crippen molar-refractivity contribution in [1.29, 1.82) is 0 Å². The van der Waals surface area contributed by atoms with Gasteiger partial charge < -0.3 is 0 Å². The number of carbonyl (C=O) groups is 1. The van der Waals surface area contributed by atoms with Crippen molar-refractivity contribution in [2.24, 2.45) is 35.0 Å². The Morgan fingerprint density at radius 2 is 1.85 bits per heavy atom. The van der Waals surface area contributed by atoms with E-state index in [1.54, 1.807) is 6.08 Å². The fraction of sp³-hybridized carbons (Fsp3) is 0.633. The lowest BCUT2D eigenvalue weighted by atomic mass is 9.52. The highest BCUT2D eigenvalue weighted by Gasteiger charge is 2.59. The lowest BCUT2D eigenvalue weighted by molar-refractivity contribution is -0.130. The maximum atomic E-state index is 14.6. The van der Waals surface area contributed by atoms with Crippen LogP contribution in [0.25, 0.3) is 0 Å². The first-order valence-corrected chi connectivity index (χ1v) is 13.4. The number of hydrogen-bond acceptors (Lipinski definition) is 2. The molecule has 4 aliphatic carbocycles. The molecule has 0 aromatic heterocycles. The van der Waals surface area contributed by atoms with Crippen LogP contribution in [-0.2, 0) is 17.9 Å². The van der Waals surface area contributed by atoms with Gasteiger partial charge in [-0.05, 0) is 79.9 Å². The van der Waals surface area contributed by atoms with Crippen LogP contribution < -0.4 is 0 Å². The first-order chi connectivity index (χ1) is 16.0. The third-order valence-electron chi connectivity index (χ3n) is 10.1. The summed E-state index contributed by atoms with van der Waals surface area (Å²) in [6, 6.07) is 8.82. The summed E-state index contributed by atoms with van der Waals surface area (Å²) in [4.78, 5) is 15.8. The summed E-state index contributed by atoms with van der Waals surface area (Å²) in [5.74, 6) is 2.74. The first kappa shape index (κ1) is 21.8. The van der Waals surface area contributed by atoms with Gasteiger partial charge in [-0.25, -0.2) is 4.39 Å². The van der Waals surface area contributed by atoms with E-state index in [-0.39, 0.29) is 11.3 Å². The van der Waals surface area contributed by atoms with Crippen LogP contribution in [0.3, 0.4) is 0 Å². The van der Waals surface area contributed by atoms with E-state index < -0.39 is 6.17 Å².